The highest BCUT2D eigenvalue weighted by atomic mass is 32.2. The molecule has 9 nitrogen and oxygen atoms in total. The minimum atomic E-state index is -3.76. The van der Waals surface area contributed by atoms with Crippen LogP contribution in [-0.4, -0.2) is 64.5 Å². The molecule has 34 heavy (non-hydrogen) atoms. The Morgan fingerprint density at radius 3 is 2.41 bits per heavy atom. The summed E-state index contributed by atoms with van der Waals surface area (Å²) in [7, 11) is -2.34. The van der Waals surface area contributed by atoms with Crippen molar-refractivity contribution in [2.75, 3.05) is 44.9 Å². The van der Waals surface area contributed by atoms with Crippen molar-refractivity contribution in [1.82, 2.24) is 9.62 Å². The van der Waals surface area contributed by atoms with Crippen molar-refractivity contribution in [3.63, 3.8) is 0 Å². The van der Waals surface area contributed by atoms with Crippen molar-refractivity contribution < 1.29 is 27.5 Å². The highest BCUT2D eigenvalue weighted by Gasteiger charge is 2.29. The summed E-state index contributed by atoms with van der Waals surface area (Å²) >= 11 is 0. The van der Waals surface area contributed by atoms with Crippen molar-refractivity contribution in [3.05, 3.63) is 53.6 Å². The number of nitrogens with zero attached hydrogens (tertiary/aromatic N) is 2. The minimum Gasteiger partial charge on any atom is -0.495 e. The number of morpholine rings is 1. The third kappa shape index (κ3) is 5.40. The van der Waals surface area contributed by atoms with Gasteiger partial charge in [0.15, 0.2) is 0 Å². The van der Waals surface area contributed by atoms with Gasteiger partial charge in [-0.15, -0.1) is 0 Å². The van der Waals surface area contributed by atoms with E-state index in [1.807, 2.05) is 24.3 Å². The SMILES string of the molecule is COc1ccc(CC(=O)NCc2ccc(N3CCCC3=O)cc2)cc1S(=O)(=O)N1CCOCC1. The van der Waals surface area contributed by atoms with Crippen LogP contribution >= 0.6 is 0 Å². The van der Waals surface area contributed by atoms with Gasteiger partial charge >= 0.3 is 0 Å². The lowest BCUT2D eigenvalue weighted by Crippen LogP contribution is -2.40. The molecule has 2 aliphatic heterocycles. The van der Waals surface area contributed by atoms with Crippen molar-refractivity contribution in [3.8, 4) is 5.75 Å². The van der Waals surface area contributed by atoms with Gasteiger partial charge in [0.1, 0.15) is 10.6 Å². The first-order valence-corrected chi connectivity index (χ1v) is 12.7. The van der Waals surface area contributed by atoms with Crippen molar-refractivity contribution in [1.29, 1.82) is 0 Å². The number of sulfonamides is 1. The van der Waals surface area contributed by atoms with Crippen LogP contribution in [0.3, 0.4) is 0 Å². The van der Waals surface area contributed by atoms with Gasteiger partial charge in [-0.1, -0.05) is 18.2 Å². The molecule has 4 rings (SSSR count). The molecule has 2 aliphatic rings. The van der Waals surface area contributed by atoms with E-state index in [2.05, 4.69) is 5.32 Å². The number of rotatable bonds is 8. The van der Waals surface area contributed by atoms with Gasteiger partial charge in [-0.2, -0.15) is 4.31 Å². The first-order chi connectivity index (χ1) is 16.4. The zero-order valence-corrected chi connectivity index (χ0v) is 20.0. The maximum Gasteiger partial charge on any atom is 0.246 e. The van der Waals surface area contributed by atoms with Crippen LogP contribution in [-0.2, 0) is 37.3 Å². The Bertz CT molecular complexity index is 1140. The molecule has 1 N–H and O–H groups in total. The minimum absolute atomic E-state index is 0.0377. The van der Waals surface area contributed by atoms with E-state index in [0.717, 1.165) is 24.2 Å². The second-order valence-corrected chi connectivity index (χ2v) is 10.2. The van der Waals surface area contributed by atoms with Crippen molar-refractivity contribution in [2.24, 2.45) is 0 Å². The van der Waals surface area contributed by atoms with E-state index in [1.165, 1.54) is 17.5 Å². The topological polar surface area (TPSA) is 105 Å². The summed E-state index contributed by atoms with van der Waals surface area (Å²) in [4.78, 5) is 26.3. The zero-order valence-electron chi connectivity index (χ0n) is 19.2. The van der Waals surface area contributed by atoms with Crippen molar-refractivity contribution in [2.45, 2.75) is 30.7 Å². The average Bonchev–Trinajstić information content (AvgIpc) is 3.29. The van der Waals surface area contributed by atoms with Gasteiger partial charge in [-0.05, 0) is 41.8 Å². The van der Waals surface area contributed by atoms with Gasteiger partial charge in [0.05, 0.1) is 26.7 Å². The fourth-order valence-corrected chi connectivity index (χ4v) is 5.74. The van der Waals surface area contributed by atoms with Crippen molar-refractivity contribution >= 4 is 27.5 Å². The first-order valence-electron chi connectivity index (χ1n) is 11.3. The van der Waals surface area contributed by atoms with E-state index in [9.17, 15) is 18.0 Å². The molecular formula is C24H29N3O6S. The number of benzene rings is 2. The van der Waals surface area contributed by atoms with E-state index in [1.54, 1.807) is 17.0 Å². The number of amides is 2. The molecule has 10 heteroatoms. The largest absolute Gasteiger partial charge is 0.495 e. The standard InChI is InChI=1S/C24H29N3O6S/c1-32-21-9-6-19(15-22(21)34(30,31)26-11-13-33-14-12-26)16-23(28)25-17-18-4-7-20(8-5-18)27-10-2-3-24(27)29/h4-9,15H,2-3,10-14,16-17H2,1H3,(H,25,28). The second-order valence-electron chi connectivity index (χ2n) is 8.27. The molecule has 0 bridgehead atoms. The third-order valence-corrected chi connectivity index (χ3v) is 7.91. The Morgan fingerprint density at radius 2 is 1.76 bits per heavy atom. The van der Waals surface area contributed by atoms with E-state index in [0.29, 0.717) is 31.7 Å². The molecule has 2 fully saturated rings. The third-order valence-electron chi connectivity index (χ3n) is 5.99. The molecule has 2 aromatic rings. The number of carbonyl (C=O) groups excluding carboxylic acids is 2. The van der Waals surface area contributed by atoms with Crippen LogP contribution in [0.5, 0.6) is 5.75 Å². The number of hydrogen-bond acceptors (Lipinski definition) is 6. The number of methoxy groups -OCH3 is 1. The quantitative estimate of drug-likeness (QED) is 0.608. The summed E-state index contributed by atoms with van der Waals surface area (Å²) < 4.78 is 38.2. The van der Waals surface area contributed by atoms with Crippen LogP contribution < -0.4 is 15.0 Å². The Kier molecular flexibility index (Phi) is 7.50. The number of hydrogen-bond donors (Lipinski definition) is 1. The van der Waals surface area contributed by atoms with Crippen LogP contribution in [0.1, 0.15) is 24.0 Å². The normalized spacial score (nSPS) is 17.1. The summed E-state index contributed by atoms with van der Waals surface area (Å²) in [6.07, 6.45) is 1.49. The summed E-state index contributed by atoms with van der Waals surface area (Å²) in [6.45, 7) is 2.32. The van der Waals surface area contributed by atoms with Gasteiger partial charge in [-0.25, -0.2) is 8.42 Å². The number of nitrogens with one attached hydrogen (secondary N) is 1. The van der Waals surface area contributed by atoms with Gasteiger partial charge in [-0.3, -0.25) is 9.59 Å². The lowest BCUT2D eigenvalue weighted by molar-refractivity contribution is -0.120. The molecule has 182 valence electrons. The molecule has 0 spiro atoms. The molecule has 0 aliphatic carbocycles. The predicted octanol–water partition coefficient (Wildman–Crippen LogP) is 1.70. The van der Waals surface area contributed by atoms with Gasteiger partial charge < -0.3 is 19.7 Å². The Morgan fingerprint density at radius 1 is 1.06 bits per heavy atom. The molecular weight excluding hydrogens is 458 g/mol. The molecule has 2 aromatic carbocycles. The molecule has 0 radical (unpaired) electrons. The van der Waals surface area contributed by atoms with Gasteiger partial charge in [0.2, 0.25) is 21.8 Å². The summed E-state index contributed by atoms with van der Waals surface area (Å²) in [5.74, 6) is 0.154. The van der Waals surface area contributed by atoms with Crippen LogP contribution in [0.15, 0.2) is 47.4 Å². The molecule has 0 aromatic heterocycles. The second kappa shape index (κ2) is 10.5. The highest BCUT2D eigenvalue weighted by molar-refractivity contribution is 7.89. The van der Waals surface area contributed by atoms with E-state index in [4.69, 9.17) is 9.47 Å². The molecule has 2 heterocycles. The number of carbonyl (C=O) groups is 2. The van der Waals surface area contributed by atoms with Crippen LogP contribution in [0.4, 0.5) is 5.69 Å². The van der Waals surface area contributed by atoms with Crippen LogP contribution in [0.2, 0.25) is 0 Å². The maximum absolute atomic E-state index is 13.1. The summed E-state index contributed by atoms with van der Waals surface area (Å²) in [6, 6.07) is 12.3. The average molecular weight is 488 g/mol. The molecule has 0 unspecified atom stereocenters. The number of anilines is 1. The fourth-order valence-electron chi connectivity index (χ4n) is 4.12. The lowest BCUT2D eigenvalue weighted by Gasteiger charge is -2.26. The lowest BCUT2D eigenvalue weighted by atomic mass is 10.1. The van der Waals surface area contributed by atoms with Gasteiger partial charge in [0, 0.05) is 38.3 Å². The molecule has 0 atom stereocenters. The van der Waals surface area contributed by atoms with Gasteiger partial charge in [0.25, 0.3) is 0 Å². The zero-order chi connectivity index (χ0) is 24.1. The first kappa shape index (κ1) is 24.2. The smallest absolute Gasteiger partial charge is 0.246 e. The maximum atomic E-state index is 13.1. The summed E-state index contributed by atoms with van der Waals surface area (Å²) in [5, 5.41) is 2.87. The Hall–Kier alpha value is -2.95. The Labute approximate surface area is 199 Å². The predicted molar refractivity (Wildman–Crippen MR) is 126 cm³/mol. The monoisotopic (exact) mass is 487 g/mol. The van der Waals surface area contributed by atoms with E-state index in [-0.39, 0.29) is 42.0 Å². The molecule has 2 amide bonds. The Balaban J connectivity index is 1.39. The molecule has 0 saturated carbocycles. The fraction of sp³-hybridized carbons (Fsp3) is 0.417. The van der Waals surface area contributed by atoms with E-state index < -0.39 is 10.0 Å². The highest BCUT2D eigenvalue weighted by Crippen LogP contribution is 2.28. The number of ether oxygens (including phenoxy) is 2. The molecule has 2 saturated heterocycles. The summed E-state index contributed by atoms with van der Waals surface area (Å²) in [5.41, 5.74) is 2.35. The van der Waals surface area contributed by atoms with Crippen LogP contribution in [0.25, 0.3) is 0 Å². The van der Waals surface area contributed by atoms with Crippen LogP contribution in [0, 0.1) is 0 Å². The van der Waals surface area contributed by atoms with E-state index >= 15 is 0 Å².